The van der Waals surface area contributed by atoms with Gasteiger partial charge in [-0.2, -0.15) is 0 Å². The third kappa shape index (κ3) is 6.26. The molecule has 5 heteroatoms. The Labute approximate surface area is 86.2 Å². The van der Waals surface area contributed by atoms with E-state index in [2.05, 4.69) is 15.5 Å². The maximum Gasteiger partial charge on any atom is 0.129 e. The second-order valence-electron chi connectivity index (χ2n) is 4.27. The molecule has 1 saturated heterocycles. The number of hydrogen-bond donors (Lipinski definition) is 3. The first-order valence-corrected chi connectivity index (χ1v) is 4.75. The first-order valence-electron chi connectivity index (χ1n) is 4.75. The van der Waals surface area contributed by atoms with Crippen molar-refractivity contribution in [3.8, 4) is 0 Å². The molecule has 0 spiro atoms. The fourth-order valence-corrected chi connectivity index (χ4v) is 0.930. The standard InChI is InChI=1S/C5H11FN2.C4H10O2.H2/c1-7-5-3-8-2-4(5)6;1-4(2,3)6-5;/h4-5,7-8H,2-3H2,1H3;5H,1-3H3;1H/t4-,5+;;/m0../s1. The van der Waals surface area contributed by atoms with E-state index in [0.717, 1.165) is 6.54 Å². The normalized spacial score (nSPS) is 27.0. The molecule has 14 heavy (non-hydrogen) atoms. The minimum absolute atomic E-state index is 0. The van der Waals surface area contributed by atoms with E-state index in [0.29, 0.717) is 6.54 Å². The van der Waals surface area contributed by atoms with Gasteiger partial charge < -0.3 is 10.6 Å². The van der Waals surface area contributed by atoms with Crippen LogP contribution >= 0.6 is 0 Å². The molecule has 0 unspecified atom stereocenters. The van der Waals surface area contributed by atoms with Gasteiger partial charge in [-0.1, -0.05) is 0 Å². The van der Waals surface area contributed by atoms with Crippen LogP contribution in [0.3, 0.4) is 0 Å². The number of rotatable bonds is 1. The molecule has 0 aromatic carbocycles. The smallest absolute Gasteiger partial charge is 0.129 e. The van der Waals surface area contributed by atoms with Gasteiger partial charge in [0.05, 0.1) is 11.6 Å². The van der Waals surface area contributed by atoms with Gasteiger partial charge in [0.2, 0.25) is 0 Å². The molecule has 4 nitrogen and oxygen atoms in total. The highest BCUT2D eigenvalue weighted by Gasteiger charge is 2.24. The molecular formula is C9H23FN2O2. The Balaban J connectivity index is 0. The molecule has 88 valence electrons. The lowest BCUT2D eigenvalue weighted by Crippen LogP contribution is -2.33. The predicted octanol–water partition coefficient (Wildman–Crippen LogP) is 1.04. The van der Waals surface area contributed by atoms with Gasteiger partial charge in [-0.25, -0.2) is 9.28 Å². The van der Waals surface area contributed by atoms with Crippen LogP contribution in [0.25, 0.3) is 0 Å². The lowest BCUT2D eigenvalue weighted by atomic mass is 10.2. The largest absolute Gasteiger partial charge is 0.313 e. The van der Waals surface area contributed by atoms with E-state index in [-0.39, 0.29) is 7.47 Å². The number of hydrogen-bond acceptors (Lipinski definition) is 4. The summed E-state index contributed by atoms with van der Waals surface area (Å²) in [5, 5.41) is 13.7. The summed E-state index contributed by atoms with van der Waals surface area (Å²) in [6.07, 6.45) is -0.694. The van der Waals surface area contributed by atoms with E-state index < -0.39 is 11.8 Å². The highest BCUT2D eigenvalue weighted by molar-refractivity contribution is 4.85. The maximum absolute atomic E-state index is 12.5. The molecule has 1 aliphatic heterocycles. The van der Waals surface area contributed by atoms with Gasteiger partial charge in [-0.05, 0) is 27.8 Å². The second kappa shape index (κ2) is 6.29. The monoisotopic (exact) mass is 210 g/mol. The molecule has 0 aromatic heterocycles. The molecule has 1 aliphatic rings. The third-order valence-corrected chi connectivity index (χ3v) is 1.78. The van der Waals surface area contributed by atoms with Crippen LogP contribution in [0.5, 0.6) is 0 Å². The Kier molecular flexibility index (Phi) is 6.19. The van der Waals surface area contributed by atoms with Crippen molar-refractivity contribution in [1.29, 1.82) is 0 Å². The first-order chi connectivity index (χ1) is 6.40. The Hall–Kier alpha value is -0.230. The highest BCUT2D eigenvalue weighted by atomic mass is 19.1. The zero-order valence-corrected chi connectivity index (χ0v) is 9.30. The summed E-state index contributed by atoms with van der Waals surface area (Å²) in [6.45, 7) is 6.58. The van der Waals surface area contributed by atoms with Gasteiger partial charge in [0.15, 0.2) is 0 Å². The number of halogens is 1. The average Bonchev–Trinajstić information content (AvgIpc) is 2.51. The van der Waals surface area contributed by atoms with Crippen molar-refractivity contribution in [1.82, 2.24) is 10.6 Å². The van der Waals surface area contributed by atoms with Gasteiger partial charge in [-0.15, -0.1) is 0 Å². The van der Waals surface area contributed by atoms with Gasteiger partial charge >= 0.3 is 0 Å². The topological polar surface area (TPSA) is 53.5 Å². The average molecular weight is 210 g/mol. The van der Waals surface area contributed by atoms with Gasteiger partial charge in [-0.3, -0.25) is 5.26 Å². The quantitative estimate of drug-likeness (QED) is 0.447. The SMILES string of the molecule is CC(C)(C)OO.CN[C@@H]1CNC[C@@H]1F.[HH]. The number of alkyl halides is 1. The summed E-state index contributed by atoms with van der Waals surface area (Å²) in [5.74, 6) is 0. The maximum atomic E-state index is 12.5. The molecule has 0 aromatic rings. The van der Waals surface area contributed by atoms with Gasteiger partial charge in [0.1, 0.15) is 6.17 Å². The van der Waals surface area contributed by atoms with E-state index in [1.54, 1.807) is 27.8 Å². The molecular weight excluding hydrogens is 187 g/mol. The summed E-state index contributed by atoms with van der Waals surface area (Å²) >= 11 is 0. The van der Waals surface area contributed by atoms with E-state index >= 15 is 0 Å². The van der Waals surface area contributed by atoms with Gasteiger partial charge in [0, 0.05) is 14.5 Å². The molecule has 1 rings (SSSR count). The zero-order valence-electron chi connectivity index (χ0n) is 9.30. The van der Waals surface area contributed by atoms with E-state index in [4.69, 9.17) is 5.26 Å². The number of likely N-dealkylation sites (N-methyl/N-ethyl adjacent to an activating group) is 1. The molecule has 0 aliphatic carbocycles. The summed E-state index contributed by atoms with van der Waals surface area (Å²) in [7, 11) is 1.78. The van der Waals surface area contributed by atoms with Crippen LogP contribution in [0.15, 0.2) is 0 Å². The fraction of sp³-hybridized carbons (Fsp3) is 1.00. The Bertz CT molecular complexity index is 156. The van der Waals surface area contributed by atoms with Crippen molar-refractivity contribution in [3.05, 3.63) is 0 Å². The number of nitrogens with one attached hydrogen (secondary N) is 2. The van der Waals surface area contributed by atoms with Crippen LogP contribution in [0.4, 0.5) is 4.39 Å². The fourth-order valence-electron chi connectivity index (χ4n) is 0.930. The predicted molar refractivity (Wildman–Crippen MR) is 56.2 cm³/mol. The Morgan fingerprint density at radius 3 is 2.14 bits per heavy atom. The summed E-state index contributed by atoms with van der Waals surface area (Å²) in [6, 6.07) is 0.0370. The zero-order chi connectivity index (χ0) is 11.2. The van der Waals surface area contributed by atoms with E-state index in [9.17, 15) is 4.39 Å². The third-order valence-electron chi connectivity index (χ3n) is 1.78. The lowest BCUT2D eigenvalue weighted by Gasteiger charge is -2.10. The van der Waals surface area contributed by atoms with Crippen LogP contribution in [0.2, 0.25) is 0 Å². The minimum atomic E-state index is -0.694. The van der Waals surface area contributed by atoms with Crippen LogP contribution in [0, 0.1) is 0 Å². The lowest BCUT2D eigenvalue weighted by molar-refractivity contribution is -0.306. The summed E-state index contributed by atoms with van der Waals surface area (Å²) < 4.78 is 12.5. The molecule has 0 saturated carbocycles. The van der Waals surface area contributed by atoms with Crippen molar-refractivity contribution in [3.63, 3.8) is 0 Å². The molecule has 2 atom stereocenters. The van der Waals surface area contributed by atoms with Crippen molar-refractivity contribution in [2.24, 2.45) is 0 Å². The first kappa shape index (κ1) is 13.8. The van der Waals surface area contributed by atoms with E-state index in [1.165, 1.54) is 0 Å². The molecule has 0 radical (unpaired) electrons. The highest BCUT2D eigenvalue weighted by Crippen LogP contribution is 2.02. The molecule has 3 N–H and O–H groups in total. The van der Waals surface area contributed by atoms with Crippen LogP contribution in [-0.2, 0) is 4.89 Å². The molecule has 1 fully saturated rings. The minimum Gasteiger partial charge on any atom is -0.313 e. The van der Waals surface area contributed by atoms with Gasteiger partial charge in [0.25, 0.3) is 0 Å². The Morgan fingerprint density at radius 1 is 1.50 bits per heavy atom. The van der Waals surface area contributed by atoms with Crippen molar-refractivity contribution in [2.75, 3.05) is 20.1 Å². The van der Waals surface area contributed by atoms with Crippen molar-refractivity contribution >= 4 is 0 Å². The van der Waals surface area contributed by atoms with Crippen LogP contribution < -0.4 is 10.6 Å². The summed E-state index contributed by atoms with van der Waals surface area (Å²) in [5.41, 5.74) is -0.403. The Morgan fingerprint density at radius 2 is 2.00 bits per heavy atom. The molecule has 0 amide bonds. The van der Waals surface area contributed by atoms with Crippen LogP contribution in [0.1, 0.15) is 22.2 Å². The van der Waals surface area contributed by atoms with Crippen molar-refractivity contribution < 1.29 is 16.0 Å². The van der Waals surface area contributed by atoms with Crippen LogP contribution in [-0.4, -0.2) is 43.2 Å². The second-order valence-corrected chi connectivity index (χ2v) is 4.27. The molecule has 0 bridgehead atoms. The van der Waals surface area contributed by atoms with Crippen molar-refractivity contribution in [2.45, 2.75) is 38.6 Å². The van der Waals surface area contributed by atoms with E-state index in [1.807, 2.05) is 0 Å². The molecule has 1 heterocycles. The summed E-state index contributed by atoms with van der Waals surface area (Å²) in [4.78, 5) is 3.94.